The van der Waals surface area contributed by atoms with E-state index >= 15 is 0 Å². The Labute approximate surface area is 123 Å². The van der Waals surface area contributed by atoms with Crippen molar-refractivity contribution in [1.29, 1.82) is 0 Å². The van der Waals surface area contributed by atoms with Gasteiger partial charge in [0.1, 0.15) is 5.82 Å². The van der Waals surface area contributed by atoms with E-state index in [0.29, 0.717) is 25.9 Å². The number of urea groups is 1. The molecule has 1 unspecified atom stereocenters. The Balaban J connectivity index is 1.78. The number of aliphatic carboxylic acids is 1. The second-order valence-electron chi connectivity index (χ2n) is 5.29. The van der Waals surface area contributed by atoms with Crippen molar-refractivity contribution in [2.24, 2.45) is 0 Å². The van der Waals surface area contributed by atoms with Gasteiger partial charge in [-0.1, -0.05) is 0 Å². The third-order valence-corrected chi connectivity index (χ3v) is 3.77. The molecule has 0 spiro atoms. The topological polar surface area (TPSA) is 98.3 Å². The van der Waals surface area contributed by atoms with Gasteiger partial charge in [0.2, 0.25) is 0 Å². The molecule has 0 aromatic carbocycles. The summed E-state index contributed by atoms with van der Waals surface area (Å²) in [4.78, 5) is 31.8. The van der Waals surface area contributed by atoms with Crippen LogP contribution in [0.5, 0.6) is 0 Å². The summed E-state index contributed by atoms with van der Waals surface area (Å²) in [6.07, 6.45) is 7.66. The van der Waals surface area contributed by atoms with Gasteiger partial charge < -0.3 is 20.3 Å². The molecule has 1 fully saturated rings. The van der Waals surface area contributed by atoms with Crippen LogP contribution in [0.2, 0.25) is 0 Å². The van der Waals surface area contributed by atoms with Crippen LogP contribution >= 0.6 is 0 Å². The van der Waals surface area contributed by atoms with Crippen LogP contribution in [0.25, 0.3) is 0 Å². The lowest BCUT2D eigenvalue weighted by Crippen LogP contribution is -2.49. The minimum absolute atomic E-state index is 0.0402. The van der Waals surface area contributed by atoms with Gasteiger partial charge in [0.15, 0.2) is 0 Å². The summed E-state index contributed by atoms with van der Waals surface area (Å²) in [5.74, 6) is 0.0372. The predicted molar refractivity (Wildman–Crippen MR) is 76.9 cm³/mol. The summed E-state index contributed by atoms with van der Waals surface area (Å²) in [7, 11) is 0. The van der Waals surface area contributed by atoms with Crippen LogP contribution < -0.4 is 5.32 Å². The van der Waals surface area contributed by atoms with Crippen molar-refractivity contribution >= 4 is 12.0 Å². The van der Waals surface area contributed by atoms with Crippen LogP contribution in [0.3, 0.4) is 0 Å². The first kappa shape index (κ1) is 15.3. The third-order valence-electron chi connectivity index (χ3n) is 3.77. The average molecular weight is 294 g/mol. The molecule has 7 heteroatoms. The minimum Gasteiger partial charge on any atom is -0.481 e. The van der Waals surface area contributed by atoms with E-state index in [4.69, 9.17) is 5.11 Å². The summed E-state index contributed by atoms with van der Waals surface area (Å²) in [5, 5.41) is 11.7. The van der Waals surface area contributed by atoms with Crippen LogP contribution in [-0.2, 0) is 11.2 Å². The van der Waals surface area contributed by atoms with Crippen molar-refractivity contribution < 1.29 is 14.7 Å². The zero-order chi connectivity index (χ0) is 15.1. The molecule has 2 amide bonds. The van der Waals surface area contributed by atoms with E-state index in [1.165, 1.54) is 0 Å². The van der Waals surface area contributed by atoms with Crippen molar-refractivity contribution in [2.45, 2.75) is 44.6 Å². The minimum atomic E-state index is -0.807. The summed E-state index contributed by atoms with van der Waals surface area (Å²) in [5.41, 5.74) is 0. The number of amides is 2. The molecule has 0 aliphatic carbocycles. The maximum Gasteiger partial charge on any atom is 0.317 e. The molecular formula is C14H22N4O3. The number of H-pyrrole nitrogens is 1. The standard InChI is InChI=1S/C14H22N4O3/c19-13(20)5-4-11-3-1-2-10-18(11)14(21)17-7-6-12-15-8-9-16-12/h8-9,11H,1-7,10H2,(H,15,16)(H,17,21)(H,19,20). The molecule has 1 aliphatic rings. The third kappa shape index (κ3) is 4.77. The van der Waals surface area contributed by atoms with Gasteiger partial charge in [-0.05, 0) is 25.7 Å². The fourth-order valence-electron chi connectivity index (χ4n) is 2.68. The number of imidazole rings is 1. The lowest BCUT2D eigenvalue weighted by Gasteiger charge is -2.35. The SMILES string of the molecule is O=C(O)CCC1CCCCN1C(=O)NCCc1ncc[nH]1. The lowest BCUT2D eigenvalue weighted by atomic mass is 9.98. The summed E-state index contributed by atoms with van der Waals surface area (Å²) in [6.45, 7) is 1.23. The molecule has 0 bridgehead atoms. The number of nitrogens with zero attached hydrogens (tertiary/aromatic N) is 2. The number of hydrogen-bond acceptors (Lipinski definition) is 3. The Kier molecular flexibility index (Phi) is 5.59. The first-order valence-electron chi connectivity index (χ1n) is 7.41. The highest BCUT2D eigenvalue weighted by Gasteiger charge is 2.26. The molecule has 21 heavy (non-hydrogen) atoms. The monoisotopic (exact) mass is 294 g/mol. The van der Waals surface area contributed by atoms with Gasteiger partial charge in [-0.15, -0.1) is 0 Å². The zero-order valence-corrected chi connectivity index (χ0v) is 12.0. The number of hydrogen-bond donors (Lipinski definition) is 3. The lowest BCUT2D eigenvalue weighted by molar-refractivity contribution is -0.137. The Hall–Kier alpha value is -2.05. The molecule has 0 saturated carbocycles. The maximum absolute atomic E-state index is 12.2. The van der Waals surface area contributed by atoms with E-state index in [1.807, 2.05) is 0 Å². The predicted octanol–water partition coefficient (Wildman–Crippen LogP) is 1.38. The van der Waals surface area contributed by atoms with E-state index in [1.54, 1.807) is 17.3 Å². The van der Waals surface area contributed by atoms with E-state index in [2.05, 4.69) is 15.3 Å². The summed E-state index contributed by atoms with van der Waals surface area (Å²) < 4.78 is 0. The smallest absolute Gasteiger partial charge is 0.317 e. The van der Waals surface area contributed by atoms with Gasteiger partial charge in [-0.25, -0.2) is 9.78 Å². The molecule has 1 aromatic rings. The number of likely N-dealkylation sites (tertiary alicyclic amines) is 1. The molecule has 0 radical (unpaired) electrons. The van der Waals surface area contributed by atoms with E-state index in [9.17, 15) is 9.59 Å². The van der Waals surface area contributed by atoms with E-state index in [0.717, 1.165) is 25.1 Å². The normalized spacial score (nSPS) is 18.5. The quantitative estimate of drug-likeness (QED) is 0.738. The molecule has 1 atom stereocenters. The molecule has 3 N–H and O–H groups in total. The van der Waals surface area contributed by atoms with Crippen molar-refractivity contribution in [3.63, 3.8) is 0 Å². The summed E-state index contributed by atoms with van der Waals surface area (Å²) in [6, 6.07) is -0.0601. The first-order valence-corrected chi connectivity index (χ1v) is 7.41. The van der Waals surface area contributed by atoms with Gasteiger partial charge in [-0.2, -0.15) is 0 Å². The van der Waals surface area contributed by atoms with E-state index in [-0.39, 0.29) is 18.5 Å². The number of aromatic amines is 1. The molecule has 2 heterocycles. The first-order chi connectivity index (χ1) is 10.2. The molecular weight excluding hydrogens is 272 g/mol. The van der Waals surface area contributed by atoms with Crippen LogP contribution in [0, 0.1) is 0 Å². The molecule has 2 rings (SSSR count). The number of aromatic nitrogens is 2. The number of carboxylic acid groups (broad SMARTS) is 1. The second kappa shape index (κ2) is 7.66. The van der Waals surface area contributed by atoms with Gasteiger partial charge in [0.25, 0.3) is 0 Å². The van der Waals surface area contributed by atoms with Crippen LogP contribution in [0.4, 0.5) is 4.79 Å². The highest BCUT2D eigenvalue weighted by Crippen LogP contribution is 2.20. The number of rotatable bonds is 6. The Morgan fingerprint density at radius 1 is 1.48 bits per heavy atom. The van der Waals surface area contributed by atoms with Crippen molar-refractivity contribution in [2.75, 3.05) is 13.1 Å². The van der Waals surface area contributed by atoms with Gasteiger partial charge in [0, 0.05) is 44.4 Å². The Bertz CT molecular complexity index is 461. The summed E-state index contributed by atoms with van der Waals surface area (Å²) >= 11 is 0. The number of carbonyl (C=O) groups excluding carboxylic acids is 1. The van der Waals surface area contributed by atoms with Gasteiger partial charge in [0.05, 0.1) is 0 Å². The number of carboxylic acids is 1. The fourth-order valence-corrected chi connectivity index (χ4v) is 2.68. The van der Waals surface area contributed by atoms with Crippen molar-refractivity contribution in [1.82, 2.24) is 20.2 Å². The Morgan fingerprint density at radius 2 is 2.33 bits per heavy atom. The largest absolute Gasteiger partial charge is 0.481 e. The molecule has 116 valence electrons. The van der Waals surface area contributed by atoms with E-state index < -0.39 is 5.97 Å². The van der Waals surface area contributed by atoms with Crippen LogP contribution in [0.1, 0.15) is 37.9 Å². The van der Waals surface area contributed by atoms with Gasteiger partial charge in [-0.3, -0.25) is 4.79 Å². The van der Waals surface area contributed by atoms with Gasteiger partial charge >= 0.3 is 12.0 Å². The highest BCUT2D eigenvalue weighted by atomic mass is 16.4. The maximum atomic E-state index is 12.2. The highest BCUT2D eigenvalue weighted by molar-refractivity contribution is 5.74. The average Bonchev–Trinajstić information content (AvgIpc) is 2.98. The van der Waals surface area contributed by atoms with Crippen molar-refractivity contribution in [3.05, 3.63) is 18.2 Å². The fraction of sp³-hybridized carbons (Fsp3) is 0.643. The number of carbonyl (C=O) groups is 2. The zero-order valence-electron chi connectivity index (χ0n) is 12.0. The van der Waals surface area contributed by atoms with Crippen LogP contribution in [-0.4, -0.2) is 51.1 Å². The van der Waals surface area contributed by atoms with Crippen LogP contribution in [0.15, 0.2) is 12.4 Å². The number of piperidine rings is 1. The molecule has 1 saturated heterocycles. The molecule has 1 aromatic heterocycles. The second-order valence-corrected chi connectivity index (χ2v) is 5.29. The Morgan fingerprint density at radius 3 is 3.05 bits per heavy atom. The van der Waals surface area contributed by atoms with Crippen molar-refractivity contribution in [3.8, 4) is 0 Å². The molecule has 1 aliphatic heterocycles. The number of nitrogens with one attached hydrogen (secondary N) is 2. The molecule has 7 nitrogen and oxygen atoms in total.